The van der Waals surface area contributed by atoms with Gasteiger partial charge in [-0.2, -0.15) is 0 Å². The molecule has 2 unspecified atom stereocenters. The average Bonchev–Trinajstić information content (AvgIpc) is 2.36. The highest BCUT2D eigenvalue weighted by Gasteiger charge is 2.11. The molecule has 0 bridgehead atoms. The van der Waals surface area contributed by atoms with Crippen molar-refractivity contribution in [2.75, 3.05) is 24.7 Å². The van der Waals surface area contributed by atoms with E-state index in [1.54, 1.807) is 18.5 Å². The summed E-state index contributed by atoms with van der Waals surface area (Å²) in [5.74, 6) is -0.243. The molecule has 18 heavy (non-hydrogen) atoms. The van der Waals surface area contributed by atoms with Crippen LogP contribution < -0.4 is 10.6 Å². The number of aromatic nitrogens is 1. The molecule has 1 amide bonds. The zero-order valence-corrected chi connectivity index (χ0v) is 11.7. The van der Waals surface area contributed by atoms with Crippen LogP contribution in [0.15, 0.2) is 18.3 Å². The summed E-state index contributed by atoms with van der Waals surface area (Å²) in [6.07, 6.45) is 3.22. The van der Waals surface area contributed by atoms with Crippen molar-refractivity contribution in [3.8, 4) is 0 Å². The molecule has 0 aliphatic carbocycles. The van der Waals surface area contributed by atoms with E-state index in [1.807, 2.05) is 19.9 Å². The first-order valence-corrected chi connectivity index (χ1v) is 7.47. The first-order chi connectivity index (χ1) is 8.54. The van der Waals surface area contributed by atoms with Gasteiger partial charge in [0.05, 0.1) is 0 Å². The van der Waals surface area contributed by atoms with Gasteiger partial charge < -0.3 is 10.6 Å². The highest BCUT2D eigenvalue weighted by molar-refractivity contribution is 7.84. The molecule has 1 rings (SSSR count). The summed E-state index contributed by atoms with van der Waals surface area (Å²) in [6, 6.07) is 3.51. The van der Waals surface area contributed by atoms with Crippen molar-refractivity contribution >= 4 is 22.4 Å². The second-order valence-corrected chi connectivity index (χ2v) is 5.78. The fourth-order valence-electron chi connectivity index (χ4n) is 1.31. The summed E-state index contributed by atoms with van der Waals surface area (Å²) in [7, 11) is -0.938. The van der Waals surface area contributed by atoms with Crippen molar-refractivity contribution in [2.45, 2.75) is 19.1 Å². The van der Waals surface area contributed by atoms with Gasteiger partial charge in [0.1, 0.15) is 5.69 Å². The normalized spacial score (nSPS) is 13.7. The summed E-state index contributed by atoms with van der Waals surface area (Å²) < 4.78 is 11.2. The number of hydrogen-bond donors (Lipinski definition) is 2. The maximum absolute atomic E-state index is 11.8. The molecule has 2 atom stereocenters. The lowest BCUT2D eigenvalue weighted by Crippen LogP contribution is -2.33. The van der Waals surface area contributed by atoms with Crippen molar-refractivity contribution in [1.82, 2.24) is 10.3 Å². The van der Waals surface area contributed by atoms with E-state index in [4.69, 9.17) is 0 Å². The predicted molar refractivity (Wildman–Crippen MR) is 74.3 cm³/mol. The Morgan fingerprint density at radius 3 is 2.89 bits per heavy atom. The van der Waals surface area contributed by atoms with E-state index in [0.717, 1.165) is 12.2 Å². The Balaban J connectivity index is 2.61. The van der Waals surface area contributed by atoms with Gasteiger partial charge in [0.15, 0.2) is 0 Å². The Bertz CT molecular complexity index is 437. The summed E-state index contributed by atoms with van der Waals surface area (Å²) in [6.45, 7) is 4.99. The molecule has 6 heteroatoms. The number of nitrogens with zero attached hydrogens (tertiary/aromatic N) is 1. The molecule has 0 fully saturated rings. The van der Waals surface area contributed by atoms with Gasteiger partial charge in [-0.3, -0.25) is 14.0 Å². The zero-order valence-electron chi connectivity index (χ0n) is 10.9. The van der Waals surface area contributed by atoms with Crippen LogP contribution >= 0.6 is 0 Å². The monoisotopic (exact) mass is 269 g/mol. The van der Waals surface area contributed by atoms with Gasteiger partial charge in [0, 0.05) is 47.3 Å². The van der Waals surface area contributed by atoms with E-state index in [1.165, 1.54) is 0 Å². The van der Waals surface area contributed by atoms with E-state index in [-0.39, 0.29) is 11.2 Å². The lowest BCUT2D eigenvalue weighted by atomic mass is 10.3. The van der Waals surface area contributed by atoms with Crippen molar-refractivity contribution < 1.29 is 9.00 Å². The van der Waals surface area contributed by atoms with Gasteiger partial charge in [-0.1, -0.05) is 0 Å². The van der Waals surface area contributed by atoms with Crippen LogP contribution in [0.1, 0.15) is 24.3 Å². The standard InChI is InChI=1S/C12H19N3O2S/c1-4-13-10-5-6-14-11(7-10)12(16)15-8-9(2)18(3)17/h5-7,9H,4,8H2,1-3H3,(H,13,14)(H,15,16). The Morgan fingerprint density at radius 2 is 2.28 bits per heavy atom. The van der Waals surface area contributed by atoms with Gasteiger partial charge in [-0.25, -0.2) is 0 Å². The van der Waals surface area contributed by atoms with Gasteiger partial charge in [-0.05, 0) is 26.0 Å². The molecular weight excluding hydrogens is 250 g/mol. The molecule has 100 valence electrons. The molecule has 0 radical (unpaired) electrons. The van der Waals surface area contributed by atoms with Gasteiger partial charge in [-0.15, -0.1) is 0 Å². The summed E-state index contributed by atoms with van der Waals surface area (Å²) >= 11 is 0. The van der Waals surface area contributed by atoms with Crippen LogP contribution in [0.2, 0.25) is 0 Å². The van der Waals surface area contributed by atoms with Crippen LogP contribution in [0.4, 0.5) is 5.69 Å². The van der Waals surface area contributed by atoms with Crippen LogP contribution in [0, 0.1) is 0 Å². The van der Waals surface area contributed by atoms with Crippen LogP contribution in [0.3, 0.4) is 0 Å². The smallest absolute Gasteiger partial charge is 0.269 e. The molecule has 2 N–H and O–H groups in total. The second-order valence-electron chi connectivity index (χ2n) is 3.98. The quantitative estimate of drug-likeness (QED) is 0.808. The van der Waals surface area contributed by atoms with E-state index < -0.39 is 10.8 Å². The van der Waals surface area contributed by atoms with E-state index in [2.05, 4.69) is 15.6 Å². The molecule has 1 aromatic rings. The highest BCUT2D eigenvalue weighted by Crippen LogP contribution is 2.07. The largest absolute Gasteiger partial charge is 0.385 e. The predicted octanol–water partition coefficient (Wildman–Crippen LogP) is 1.01. The minimum absolute atomic E-state index is 0.0640. The molecule has 1 heterocycles. The lowest BCUT2D eigenvalue weighted by molar-refractivity contribution is 0.0949. The molecule has 0 aliphatic heterocycles. The number of carbonyl (C=O) groups is 1. The Morgan fingerprint density at radius 1 is 1.56 bits per heavy atom. The van der Waals surface area contributed by atoms with Crippen LogP contribution in [0.25, 0.3) is 0 Å². The minimum atomic E-state index is -0.938. The van der Waals surface area contributed by atoms with Crippen molar-refractivity contribution in [1.29, 1.82) is 0 Å². The molecule has 1 aromatic heterocycles. The third kappa shape index (κ3) is 4.44. The Hall–Kier alpha value is -1.43. The molecule has 0 saturated carbocycles. The maximum Gasteiger partial charge on any atom is 0.269 e. The number of carbonyl (C=O) groups excluding carboxylic acids is 1. The number of nitrogens with one attached hydrogen (secondary N) is 2. The SMILES string of the molecule is CCNc1ccnc(C(=O)NCC(C)S(C)=O)c1. The van der Waals surface area contributed by atoms with Gasteiger partial charge in [0.2, 0.25) is 0 Å². The summed E-state index contributed by atoms with van der Waals surface area (Å²) in [5, 5.41) is 5.78. The minimum Gasteiger partial charge on any atom is -0.385 e. The molecule has 0 saturated heterocycles. The van der Waals surface area contributed by atoms with Crippen LogP contribution in [-0.4, -0.2) is 39.7 Å². The lowest BCUT2D eigenvalue weighted by Gasteiger charge is -2.10. The summed E-state index contributed by atoms with van der Waals surface area (Å²) in [5.41, 5.74) is 1.23. The van der Waals surface area contributed by atoms with E-state index in [0.29, 0.717) is 12.2 Å². The molecular formula is C12H19N3O2S. The van der Waals surface area contributed by atoms with E-state index >= 15 is 0 Å². The number of rotatable bonds is 6. The number of anilines is 1. The second kappa shape index (κ2) is 7.10. The first-order valence-electron chi connectivity index (χ1n) is 5.85. The Kier molecular flexibility index (Phi) is 5.77. The number of pyridine rings is 1. The Labute approximate surface area is 110 Å². The van der Waals surface area contributed by atoms with E-state index in [9.17, 15) is 9.00 Å². The van der Waals surface area contributed by atoms with Gasteiger partial charge in [0.25, 0.3) is 5.91 Å². The molecule has 0 aliphatic rings. The topological polar surface area (TPSA) is 71.1 Å². The third-order valence-corrected chi connectivity index (χ3v) is 3.79. The maximum atomic E-state index is 11.8. The van der Waals surface area contributed by atoms with Crippen LogP contribution in [0.5, 0.6) is 0 Å². The molecule has 0 spiro atoms. The fraction of sp³-hybridized carbons (Fsp3) is 0.500. The third-order valence-electron chi connectivity index (χ3n) is 2.49. The summed E-state index contributed by atoms with van der Waals surface area (Å²) in [4.78, 5) is 15.8. The number of hydrogen-bond acceptors (Lipinski definition) is 4. The van der Waals surface area contributed by atoms with Crippen molar-refractivity contribution in [2.24, 2.45) is 0 Å². The van der Waals surface area contributed by atoms with Crippen molar-refractivity contribution in [3.63, 3.8) is 0 Å². The van der Waals surface area contributed by atoms with Crippen molar-refractivity contribution in [3.05, 3.63) is 24.0 Å². The van der Waals surface area contributed by atoms with Crippen LogP contribution in [-0.2, 0) is 10.8 Å². The average molecular weight is 269 g/mol. The molecule has 5 nitrogen and oxygen atoms in total. The first kappa shape index (κ1) is 14.6. The van der Waals surface area contributed by atoms with Gasteiger partial charge >= 0.3 is 0 Å². The molecule has 0 aromatic carbocycles. The fourth-order valence-corrected chi connectivity index (χ4v) is 1.63. The zero-order chi connectivity index (χ0) is 13.5. The highest BCUT2D eigenvalue weighted by atomic mass is 32.2. The number of amides is 1.